The van der Waals surface area contributed by atoms with E-state index in [0.29, 0.717) is 10.7 Å². The Bertz CT molecular complexity index is 946. The number of anilines is 1. The zero-order valence-electron chi connectivity index (χ0n) is 13.8. The highest BCUT2D eigenvalue weighted by Crippen LogP contribution is 2.38. The second-order valence-electron chi connectivity index (χ2n) is 6.04. The van der Waals surface area contributed by atoms with Crippen LogP contribution in [0.3, 0.4) is 0 Å². The van der Waals surface area contributed by atoms with Crippen molar-refractivity contribution in [3.05, 3.63) is 77.1 Å². The molecule has 3 aromatic rings. The molecule has 0 unspecified atom stereocenters. The van der Waals surface area contributed by atoms with E-state index in [1.165, 1.54) is 27.9 Å². The molecular formula is C18H13ClF2N4O2. The average Bonchev–Trinajstić information content (AvgIpc) is 3.23. The summed E-state index contributed by atoms with van der Waals surface area (Å²) in [6.07, 6.45) is 1.75. The molecule has 0 N–H and O–H groups in total. The molecule has 2 atom stereocenters. The van der Waals surface area contributed by atoms with Crippen LogP contribution in [0.25, 0.3) is 0 Å². The van der Waals surface area contributed by atoms with Gasteiger partial charge in [0.1, 0.15) is 23.8 Å². The second kappa shape index (κ2) is 6.96. The number of hydrogen-bond donors (Lipinski definition) is 0. The molecule has 138 valence electrons. The van der Waals surface area contributed by atoms with Crippen molar-refractivity contribution in [3.8, 4) is 0 Å². The molecular weight excluding hydrogens is 378 g/mol. The summed E-state index contributed by atoms with van der Waals surface area (Å²) >= 11 is 5.92. The molecule has 2 aromatic carbocycles. The molecule has 4 rings (SSSR count). The number of hydrogen-bond acceptors (Lipinski definition) is 4. The third-order valence-electron chi connectivity index (χ3n) is 4.25. The van der Waals surface area contributed by atoms with Crippen molar-refractivity contribution in [1.29, 1.82) is 0 Å². The van der Waals surface area contributed by atoms with E-state index in [0.717, 1.165) is 6.07 Å². The van der Waals surface area contributed by atoms with Crippen molar-refractivity contribution < 1.29 is 18.3 Å². The number of cyclic esters (lactones) is 1. The Morgan fingerprint density at radius 2 is 1.81 bits per heavy atom. The first-order chi connectivity index (χ1) is 13.0. The first-order valence-electron chi connectivity index (χ1n) is 8.07. The lowest BCUT2D eigenvalue weighted by Gasteiger charge is -2.25. The van der Waals surface area contributed by atoms with Crippen LogP contribution in [0.1, 0.15) is 11.6 Å². The number of amides is 1. The van der Waals surface area contributed by atoms with Gasteiger partial charge in [-0.15, -0.1) is 5.10 Å². The van der Waals surface area contributed by atoms with Gasteiger partial charge in [-0.3, -0.25) is 4.90 Å². The summed E-state index contributed by atoms with van der Waals surface area (Å²) in [5.74, 6) is -1.47. The van der Waals surface area contributed by atoms with E-state index in [1.807, 2.05) is 0 Å². The van der Waals surface area contributed by atoms with Crippen LogP contribution in [-0.4, -0.2) is 27.2 Å². The number of benzene rings is 2. The molecule has 1 aromatic heterocycles. The van der Waals surface area contributed by atoms with Gasteiger partial charge in [-0.25, -0.2) is 18.3 Å². The Balaban J connectivity index is 1.78. The fourth-order valence-electron chi connectivity index (χ4n) is 3.16. The second-order valence-corrected chi connectivity index (χ2v) is 6.48. The molecule has 9 heteroatoms. The molecule has 1 aliphatic heterocycles. The number of carbonyl (C=O) groups excluding carboxylic acids is 1. The van der Waals surface area contributed by atoms with E-state index < -0.39 is 29.9 Å². The topological polar surface area (TPSA) is 60.3 Å². The molecule has 1 aliphatic rings. The Morgan fingerprint density at radius 1 is 1.11 bits per heavy atom. The van der Waals surface area contributed by atoms with E-state index in [9.17, 15) is 13.6 Å². The van der Waals surface area contributed by atoms with Crippen molar-refractivity contribution in [2.24, 2.45) is 0 Å². The third-order valence-corrected chi connectivity index (χ3v) is 4.50. The van der Waals surface area contributed by atoms with Crippen molar-refractivity contribution in [3.63, 3.8) is 0 Å². The molecule has 0 bridgehead atoms. The van der Waals surface area contributed by atoms with E-state index in [4.69, 9.17) is 16.3 Å². The molecule has 0 saturated carbocycles. The molecule has 6 nitrogen and oxygen atoms in total. The summed E-state index contributed by atoms with van der Waals surface area (Å²) < 4.78 is 34.7. The minimum Gasteiger partial charge on any atom is -0.441 e. The summed E-state index contributed by atoms with van der Waals surface area (Å²) in [6.45, 7) is 0.179. The zero-order chi connectivity index (χ0) is 19.0. The average molecular weight is 391 g/mol. The number of nitrogens with zero attached hydrogens (tertiary/aromatic N) is 4. The minimum atomic E-state index is -0.756. The van der Waals surface area contributed by atoms with Crippen LogP contribution in [0.5, 0.6) is 0 Å². The summed E-state index contributed by atoms with van der Waals surface area (Å²) in [5.41, 5.74) is 0.776. The van der Waals surface area contributed by atoms with Crippen LogP contribution in [0.15, 0.2) is 54.9 Å². The zero-order valence-corrected chi connectivity index (χ0v) is 14.6. The molecule has 1 fully saturated rings. The maximum absolute atomic E-state index is 13.8. The van der Waals surface area contributed by atoms with Gasteiger partial charge in [0, 0.05) is 23.0 Å². The first-order valence-corrected chi connectivity index (χ1v) is 8.44. The Kier molecular flexibility index (Phi) is 4.49. The lowest BCUT2D eigenvalue weighted by Crippen LogP contribution is -2.31. The summed E-state index contributed by atoms with van der Waals surface area (Å²) in [6, 6.07) is 8.93. The maximum Gasteiger partial charge on any atom is 0.415 e. The molecule has 0 aliphatic carbocycles. The Hall–Kier alpha value is -3.00. The Morgan fingerprint density at radius 3 is 2.44 bits per heavy atom. The number of aromatic nitrogens is 3. The van der Waals surface area contributed by atoms with Gasteiger partial charge in [0.05, 0.1) is 12.7 Å². The van der Waals surface area contributed by atoms with Crippen LogP contribution < -0.4 is 4.90 Å². The van der Waals surface area contributed by atoms with Crippen molar-refractivity contribution in [2.45, 2.75) is 18.7 Å². The van der Waals surface area contributed by atoms with Crippen LogP contribution in [0.4, 0.5) is 19.3 Å². The SMILES string of the molecule is O=C1O[C@@H](Cn2ccnn2)[C@H](c2cc(F)cc(F)c2)N1c1ccc(Cl)cc1. The highest BCUT2D eigenvalue weighted by atomic mass is 35.5. The lowest BCUT2D eigenvalue weighted by atomic mass is 9.99. The molecule has 1 amide bonds. The van der Waals surface area contributed by atoms with Crippen LogP contribution in [0, 0.1) is 11.6 Å². The number of rotatable bonds is 4. The predicted molar refractivity (Wildman–Crippen MR) is 93.3 cm³/mol. The smallest absolute Gasteiger partial charge is 0.415 e. The first kappa shape index (κ1) is 17.4. The van der Waals surface area contributed by atoms with Gasteiger partial charge in [0.2, 0.25) is 0 Å². The summed E-state index contributed by atoms with van der Waals surface area (Å²) in [5, 5.41) is 8.09. The predicted octanol–water partition coefficient (Wildman–Crippen LogP) is 3.98. The van der Waals surface area contributed by atoms with Crippen LogP contribution in [0.2, 0.25) is 5.02 Å². The van der Waals surface area contributed by atoms with E-state index in [2.05, 4.69) is 10.3 Å². The normalized spacial score (nSPS) is 19.4. The molecule has 27 heavy (non-hydrogen) atoms. The van der Waals surface area contributed by atoms with E-state index >= 15 is 0 Å². The van der Waals surface area contributed by atoms with Crippen LogP contribution in [-0.2, 0) is 11.3 Å². The highest BCUT2D eigenvalue weighted by molar-refractivity contribution is 6.30. The monoisotopic (exact) mass is 390 g/mol. The summed E-state index contributed by atoms with van der Waals surface area (Å²) in [4.78, 5) is 13.9. The molecule has 0 radical (unpaired) electrons. The van der Waals surface area contributed by atoms with Gasteiger partial charge in [-0.2, -0.15) is 0 Å². The Labute approximate surface area is 157 Å². The fraction of sp³-hybridized carbons (Fsp3) is 0.167. The fourth-order valence-corrected chi connectivity index (χ4v) is 3.29. The van der Waals surface area contributed by atoms with Gasteiger partial charge in [-0.05, 0) is 42.0 Å². The summed E-state index contributed by atoms with van der Waals surface area (Å²) in [7, 11) is 0. The highest BCUT2D eigenvalue weighted by Gasteiger charge is 2.44. The largest absolute Gasteiger partial charge is 0.441 e. The minimum absolute atomic E-state index is 0.179. The molecule has 2 heterocycles. The third kappa shape index (κ3) is 3.48. The van der Waals surface area contributed by atoms with Gasteiger partial charge in [0.15, 0.2) is 0 Å². The number of carbonyl (C=O) groups is 1. The number of ether oxygens (including phenoxy) is 1. The number of halogens is 3. The van der Waals surface area contributed by atoms with Crippen molar-refractivity contribution >= 4 is 23.4 Å². The quantitative estimate of drug-likeness (QED) is 0.676. The molecule has 1 saturated heterocycles. The maximum atomic E-state index is 13.8. The van der Waals surface area contributed by atoms with Gasteiger partial charge in [-0.1, -0.05) is 16.8 Å². The van der Waals surface area contributed by atoms with Gasteiger partial charge < -0.3 is 4.74 Å². The van der Waals surface area contributed by atoms with Crippen LogP contribution >= 0.6 is 11.6 Å². The lowest BCUT2D eigenvalue weighted by molar-refractivity contribution is 0.117. The van der Waals surface area contributed by atoms with Crippen molar-refractivity contribution in [1.82, 2.24) is 15.0 Å². The van der Waals surface area contributed by atoms with Crippen molar-refractivity contribution in [2.75, 3.05) is 4.90 Å². The van der Waals surface area contributed by atoms with E-state index in [-0.39, 0.29) is 12.1 Å². The standard InChI is InChI=1S/C18H13ClF2N4O2/c19-12-1-3-15(4-2-12)25-17(11-7-13(20)9-14(21)8-11)16(27-18(25)26)10-24-6-5-22-23-24/h1-9,16-17H,10H2/t16-,17-/m0/s1. The van der Waals surface area contributed by atoms with Gasteiger partial charge in [0.25, 0.3) is 0 Å². The van der Waals surface area contributed by atoms with E-state index in [1.54, 1.807) is 30.5 Å². The molecule has 0 spiro atoms. The van der Waals surface area contributed by atoms with Gasteiger partial charge >= 0.3 is 6.09 Å².